The van der Waals surface area contributed by atoms with Crippen molar-refractivity contribution in [1.82, 2.24) is 5.32 Å². The molecule has 13 heavy (non-hydrogen) atoms. The molecule has 2 nitrogen and oxygen atoms in total. The van der Waals surface area contributed by atoms with Gasteiger partial charge in [0.25, 0.3) is 0 Å². The van der Waals surface area contributed by atoms with Crippen molar-refractivity contribution in [2.75, 3.05) is 6.54 Å². The molecule has 0 unspecified atom stereocenters. The van der Waals surface area contributed by atoms with Crippen molar-refractivity contribution in [3.05, 3.63) is 12.2 Å². The van der Waals surface area contributed by atoms with Crippen LogP contribution < -0.4 is 5.32 Å². The smallest absolute Gasteiger partial charge is 0.347 e. The standard InChI is InChI=1S/C8H12F3NO/c1-2-3-4-5-7(13)12-6-8(9,10)11/h2-3H,4-6H2,1H3,(H,12,13)/b3-2-. The molecule has 0 aromatic rings. The normalized spacial score (nSPS) is 12.0. The number of nitrogens with one attached hydrogen (secondary N) is 1. The van der Waals surface area contributed by atoms with Crippen molar-refractivity contribution in [3.8, 4) is 0 Å². The van der Waals surface area contributed by atoms with E-state index in [0.717, 1.165) is 0 Å². The van der Waals surface area contributed by atoms with Crippen LogP contribution in [0, 0.1) is 0 Å². The zero-order valence-electron chi connectivity index (χ0n) is 7.32. The van der Waals surface area contributed by atoms with E-state index in [1.54, 1.807) is 24.4 Å². The molecule has 1 amide bonds. The van der Waals surface area contributed by atoms with E-state index >= 15 is 0 Å². The highest BCUT2D eigenvalue weighted by Crippen LogP contribution is 2.12. The first kappa shape index (κ1) is 12.0. The largest absolute Gasteiger partial charge is 0.405 e. The van der Waals surface area contributed by atoms with Crippen molar-refractivity contribution in [2.45, 2.75) is 25.9 Å². The number of hydrogen-bond donors (Lipinski definition) is 1. The minimum Gasteiger partial charge on any atom is -0.347 e. The van der Waals surface area contributed by atoms with Crippen LogP contribution >= 0.6 is 0 Å². The molecule has 0 saturated carbocycles. The van der Waals surface area contributed by atoms with Crippen LogP contribution in [0.4, 0.5) is 13.2 Å². The van der Waals surface area contributed by atoms with Crippen molar-refractivity contribution in [2.24, 2.45) is 0 Å². The number of halogens is 3. The fourth-order valence-electron chi connectivity index (χ4n) is 0.668. The van der Waals surface area contributed by atoms with Gasteiger partial charge < -0.3 is 5.32 Å². The van der Waals surface area contributed by atoms with Crippen molar-refractivity contribution in [3.63, 3.8) is 0 Å². The summed E-state index contributed by atoms with van der Waals surface area (Å²) in [4.78, 5) is 10.7. The van der Waals surface area contributed by atoms with Gasteiger partial charge in [-0.1, -0.05) is 12.2 Å². The van der Waals surface area contributed by atoms with Gasteiger partial charge >= 0.3 is 6.18 Å². The maximum atomic E-state index is 11.6. The second-order valence-electron chi connectivity index (χ2n) is 2.50. The van der Waals surface area contributed by atoms with E-state index < -0.39 is 18.6 Å². The van der Waals surface area contributed by atoms with Crippen LogP contribution in [0.1, 0.15) is 19.8 Å². The third kappa shape index (κ3) is 8.91. The maximum absolute atomic E-state index is 11.6. The number of amides is 1. The van der Waals surface area contributed by atoms with Gasteiger partial charge in [-0.05, 0) is 13.3 Å². The third-order valence-corrected chi connectivity index (χ3v) is 1.26. The summed E-state index contributed by atoms with van der Waals surface area (Å²) in [5, 5.41) is 1.78. The molecule has 0 radical (unpaired) electrons. The first-order chi connectivity index (χ1) is 5.95. The zero-order chi connectivity index (χ0) is 10.3. The lowest BCUT2D eigenvalue weighted by Crippen LogP contribution is -2.33. The molecule has 0 aromatic heterocycles. The summed E-state index contributed by atoms with van der Waals surface area (Å²) in [6, 6.07) is 0. The summed E-state index contributed by atoms with van der Waals surface area (Å²) in [7, 11) is 0. The Morgan fingerprint density at radius 1 is 1.46 bits per heavy atom. The Hall–Kier alpha value is -1.00. The van der Waals surface area contributed by atoms with Crippen molar-refractivity contribution in [1.29, 1.82) is 0 Å². The van der Waals surface area contributed by atoms with E-state index in [1.165, 1.54) is 0 Å². The molecule has 0 aliphatic carbocycles. The van der Waals surface area contributed by atoms with Crippen LogP contribution in [-0.4, -0.2) is 18.6 Å². The number of alkyl halides is 3. The molecule has 0 bridgehead atoms. The summed E-state index contributed by atoms with van der Waals surface area (Å²) in [6.45, 7) is 0.537. The first-order valence-corrected chi connectivity index (χ1v) is 3.90. The number of carbonyl (C=O) groups excluding carboxylic acids is 1. The average molecular weight is 195 g/mol. The topological polar surface area (TPSA) is 29.1 Å². The molecule has 0 spiro atoms. The Morgan fingerprint density at radius 2 is 2.08 bits per heavy atom. The van der Waals surface area contributed by atoms with Crippen LogP contribution in [0.15, 0.2) is 12.2 Å². The third-order valence-electron chi connectivity index (χ3n) is 1.26. The molecule has 0 aliphatic rings. The number of carbonyl (C=O) groups is 1. The second kappa shape index (κ2) is 5.61. The molecule has 0 aromatic carbocycles. The molecule has 1 N–H and O–H groups in total. The highest BCUT2D eigenvalue weighted by molar-refractivity contribution is 5.76. The Balaban J connectivity index is 3.52. The molecule has 0 atom stereocenters. The van der Waals surface area contributed by atoms with Crippen LogP contribution in [0.3, 0.4) is 0 Å². The number of hydrogen-bond acceptors (Lipinski definition) is 1. The number of rotatable bonds is 4. The lowest BCUT2D eigenvalue weighted by atomic mass is 10.3. The quantitative estimate of drug-likeness (QED) is 0.683. The van der Waals surface area contributed by atoms with Crippen LogP contribution in [0.25, 0.3) is 0 Å². The lowest BCUT2D eigenvalue weighted by molar-refractivity contribution is -0.138. The predicted molar refractivity (Wildman–Crippen MR) is 43.1 cm³/mol. The molecule has 0 aliphatic heterocycles. The molecule has 0 fully saturated rings. The van der Waals surface area contributed by atoms with Gasteiger partial charge in [-0.25, -0.2) is 0 Å². The predicted octanol–water partition coefficient (Wildman–Crippen LogP) is 2.02. The van der Waals surface area contributed by atoms with Gasteiger partial charge in [0, 0.05) is 6.42 Å². The van der Waals surface area contributed by atoms with Crippen LogP contribution in [-0.2, 0) is 4.79 Å². The second-order valence-corrected chi connectivity index (χ2v) is 2.50. The molecule has 0 heterocycles. The number of allylic oxidation sites excluding steroid dienone is 2. The Kier molecular flexibility index (Phi) is 5.18. The fourth-order valence-corrected chi connectivity index (χ4v) is 0.668. The van der Waals surface area contributed by atoms with E-state index in [-0.39, 0.29) is 6.42 Å². The Labute approximate surface area is 74.8 Å². The van der Waals surface area contributed by atoms with E-state index in [1.807, 2.05) is 0 Å². The van der Waals surface area contributed by atoms with Gasteiger partial charge in [-0.15, -0.1) is 0 Å². The molecule has 0 saturated heterocycles. The summed E-state index contributed by atoms with van der Waals surface area (Å²) >= 11 is 0. The van der Waals surface area contributed by atoms with E-state index in [2.05, 4.69) is 0 Å². The maximum Gasteiger partial charge on any atom is 0.405 e. The van der Waals surface area contributed by atoms with Crippen molar-refractivity contribution < 1.29 is 18.0 Å². The van der Waals surface area contributed by atoms with Gasteiger partial charge in [0.2, 0.25) is 5.91 Å². The van der Waals surface area contributed by atoms with E-state index in [4.69, 9.17) is 0 Å². The average Bonchev–Trinajstić information content (AvgIpc) is 2.00. The highest BCUT2D eigenvalue weighted by atomic mass is 19.4. The van der Waals surface area contributed by atoms with Gasteiger partial charge in [0.1, 0.15) is 6.54 Å². The van der Waals surface area contributed by atoms with Crippen LogP contribution in [0.2, 0.25) is 0 Å². The molecular weight excluding hydrogens is 183 g/mol. The van der Waals surface area contributed by atoms with Gasteiger partial charge in [0.05, 0.1) is 0 Å². The zero-order valence-corrected chi connectivity index (χ0v) is 7.32. The van der Waals surface area contributed by atoms with E-state index in [9.17, 15) is 18.0 Å². The minimum atomic E-state index is -4.32. The Bertz CT molecular complexity index is 186. The van der Waals surface area contributed by atoms with E-state index in [0.29, 0.717) is 6.42 Å². The van der Waals surface area contributed by atoms with Gasteiger partial charge in [-0.2, -0.15) is 13.2 Å². The van der Waals surface area contributed by atoms with Gasteiger partial charge in [0.15, 0.2) is 0 Å². The molecule has 5 heteroatoms. The summed E-state index contributed by atoms with van der Waals surface area (Å²) < 4.78 is 34.7. The molecule has 76 valence electrons. The summed E-state index contributed by atoms with van der Waals surface area (Å²) in [6.07, 6.45) is -0.277. The Morgan fingerprint density at radius 3 is 2.54 bits per heavy atom. The molecule has 0 rings (SSSR count). The highest BCUT2D eigenvalue weighted by Gasteiger charge is 2.27. The van der Waals surface area contributed by atoms with Crippen LogP contribution in [0.5, 0.6) is 0 Å². The summed E-state index contributed by atoms with van der Waals surface area (Å²) in [5.74, 6) is -0.574. The summed E-state index contributed by atoms with van der Waals surface area (Å²) in [5.41, 5.74) is 0. The minimum absolute atomic E-state index is 0.0976. The first-order valence-electron chi connectivity index (χ1n) is 3.90. The molecular formula is C8H12F3NO. The van der Waals surface area contributed by atoms with Crippen molar-refractivity contribution >= 4 is 5.91 Å². The van der Waals surface area contributed by atoms with Gasteiger partial charge in [-0.3, -0.25) is 4.79 Å². The lowest BCUT2D eigenvalue weighted by Gasteiger charge is -2.07. The monoisotopic (exact) mass is 195 g/mol. The fraction of sp³-hybridized carbons (Fsp3) is 0.625. The SMILES string of the molecule is C/C=C\CCC(=O)NCC(F)(F)F.